The van der Waals surface area contributed by atoms with E-state index < -0.39 is 5.54 Å². The van der Waals surface area contributed by atoms with Crippen molar-refractivity contribution in [2.75, 3.05) is 13.1 Å². The number of rotatable bonds is 7. The minimum atomic E-state index is -1.03. The van der Waals surface area contributed by atoms with Crippen molar-refractivity contribution in [3.05, 3.63) is 53.6 Å². The van der Waals surface area contributed by atoms with E-state index in [1.165, 1.54) is 6.33 Å². The van der Waals surface area contributed by atoms with Crippen LogP contribution in [0.15, 0.2) is 36.7 Å². The van der Waals surface area contributed by atoms with Crippen LogP contribution >= 0.6 is 0 Å². The molecule has 1 aliphatic heterocycles. The second-order valence-electron chi connectivity index (χ2n) is 9.15. The molecule has 1 aromatic heterocycles. The summed E-state index contributed by atoms with van der Waals surface area (Å²) in [4.78, 5) is 47.9. The third-order valence-corrected chi connectivity index (χ3v) is 6.94. The van der Waals surface area contributed by atoms with Crippen LogP contribution < -0.4 is 5.32 Å². The van der Waals surface area contributed by atoms with Gasteiger partial charge in [0, 0.05) is 25.7 Å². The van der Waals surface area contributed by atoms with Gasteiger partial charge in [0.05, 0.1) is 12.9 Å². The van der Waals surface area contributed by atoms with Gasteiger partial charge in [-0.2, -0.15) is 0 Å². The van der Waals surface area contributed by atoms with Crippen LogP contribution in [0.5, 0.6) is 0 Å². The smallest absolute Gasteiger partial charge is 0.275 e. The van der Waals surface area contributed by atoms with Gasteiger partial charge in [-0.1, -0.05) is 43.2 Å². The first-order valence-corrected chi connectivity index (χ1v) is 11.9. The third-order valence-electron chi connectivity index (χ3n) is 6.94. The molecule has 1 unspecified atom stereocenters. The molecule has 0 spiro atoms. The molecule has 0 radical (unpaired) electrons. The number of imidazole rings is 1. The molecule has 2 heterocycles. The molecule has 0 saturated heterocycles. The summed E-state index contributed by atoms with van der Waals surface area (Å²) in [5.41, 5.74) is 0.393. The molecule has 2 aliphatic rings. The molecule has 8 heteroatoms. The zero-order valence-electron chi connectivity index (χ0n) is 19.7. The number of amides is 3. The second kappa shape index (κ2) is 9.37. The van der Waals surface area contributed by atoms with E-state index in [1.807, 2.05) is 44.2 Å². The summed E-state index contributed by atoms with van der Waals surface area (Å²) in [7, 11) is 0. The van der Waals surface area contributed by atoms with Crippen LogP contribution in [0.2, 0.25) is 0 Å². The molecule has 8 nitrogen and oxygen atoms in total. The Hall–Kier alpha value is -3.16. The summed E-state index contributed by atoms with van der Waals surface area (Å²) >= 11 is 0. The molecule has 0 bridgehead atoms. The minimum absolute atomic E-state index is 0.143. The van der Waals surface area contributed by atoms with Gasteiger partial charge < -0.3 is 19.7 Å². The highest BCUT2D eigenvalue weighted by Gasteiger charge is 2.48. The van der Waals surface area contributed by atoms with Crippen molar-refractivity contribution in [1.82, 2.24) is 24.7 Å². The molecule has 1 aromatic carbocycles. The first-order valence-electron chi connectivity index (χ1n) is 11.9. The number of benzene rings is 1. The highest BCUT2D eigenvalue weighted by Crippen LogP contribution is 2.30. The van der Waals surface area contributed by atoms with Crippen molar-refractivity contribution in [2.24, 2.45) is 0 Å². The zero-order valence-corrected chi connectivity index (χ0v) is 19.7. The van der Waals surface area contributed by atoms with Crippen molar-refractivity contribution in [3.63, 3.8) is 0 Å². The summed E-state index contributed by atoms with van der Waals surface area (Å²) in [6.07, 6.45) is 5.71. The molecule has 1 atom stereocenters. The molecule has 1 N–H and O–H groups in total. The average Bonchev–Trinajstić information content (AvgIpc) is 3.48. The first-order chi connectivity index (χ1) is 15.9. The average molecular weight is 452 g/mol. The minimum Gasteiger partial charge on any atom is -0.351 e. The van der Waals surface area contributed by atoms with Gasteiger partial charge >= 0.3 is 0 Å². The summed E-state index contributed by atoms with van der Waals surface area (Å²) < 4.78 is 1.67. The predicted octanol–water partition coefficient (Wildman–Crippen LogP) is 2.84. The molecular formula is C25H33N5O3. The highest BCUT2D eigenvalue weighted by molar-refractivity contribution is 6.07. The number of nitrogens with one attached hydrogen (secondary N) is 1. The Morgan fingerprint density at radius 3 is 2.52 bits per heavy atom. The number of aromatic nitrogens is 2. The largest absolute Gasteiger partial charge is 0.351 e. The SMILES string of the molecule is CCN(Cc1ccccc1)C(=O)c1ncn2c1C(=O)N(CC)C(C)(C(=O)NC1CCCC1)C2. The van der Waals surface area contributed by atoms with Gasteiger partial charge in [0.15, 0.2) is 5.69 Å². The van der Waals surface area contributed by atoms with Crippen LogP contribution in [0.1, 0.15) is 73.0 Å². The predicted molar refractivity (Wildman–Crippen MR) is 125 cm³/mol. The van der Waals surface area contributed by atoms with Crippen LogP contribution in [-0.2, 0) is 17.9 Å². The maximum Gasteiger partial charge on any atom is 0.275 e. The number of carbonyl (C=O) groups is 3. The second-order valence-corrected chi connectivity index (χ2v) is 9.15. The van der Waals surface area contributed by atoms with Crippen LogP contribution in [-0.4, -0.2) is 61.7 Å². The lowest BCUT2D eigenvalue weighted by atomic mass is 9.93. The normalized spacial score (nSPS) is 20.6. The monoisotopic (exact) mass is 451 g/mol. The lowest BCUT2D eigenvalue weighted by molar-refractivity contribution is -0.133. The Balaban J connectivity index is 1.60. The number of hydrogen-bond donors (Lipinski definition) is 1. The number of likely N-dealkylation sites (N-methyl/N-ethyl adjacent to an activating group) is 1. The van der Waals surface area contributed by atoms with E-state index in [9.17, 15) is 14.4 Å². The van der Waals surface area contributed by atoms with Crippen molar-refractivity contribution < 1.29 is 14.4 Å². The quantitative estimate of drug-likeness (QED) is 0.701. The fourth-order valence-corrected chi connectivity index (χ4v) is 5.03. The molecule has 1 saturated carbocycles. The first kappa shape index (κ1) is 23.0. The maximum absolute atomic E-state index is 13.6. The Morgan fingerprint density at radius 1 is 1.18 bits per heavy atom. The van der Waals surface area contributed by atoms with Gasteiger partial charge in [0.25, 0.3) is 11.8 Å². The third kappa shape index (κ3) is 4.26. The van der Waals surface area contributed by atoms with E-state index in [1.54, 1.807) is 21.3 Å². The molecule has 4 rings (SSSR count). The highest BCUT2D eigenvalue weighted by atomic mass is 16.2. The van der Waals surface area contributed by atoms with Crippen molar-refractivity contribution >= 4 is 17.7 Å². The number of hydrogen-bond acceptors (Lipinski definition) is 4. The van der Waals surface area contributed by atoms with Crippen LogP contribution in [0.25, 0.3) is 0 Å². The van der Waals surface area contributed by atoms with Gasteiger partial charge in [-0.05, 0) is 39.2 Å². The fraction of sp³-hybridized carbons (Fsp3) is 0.520. The molecule has 33 heavy (non-hydrogen) atoms. The summed E-state index contributed by atoms with van der Waals surface area (Å²) in [6.45, 7) is 7.15. The Bertz CT molecular complexity index is 1030. The van der Waals surface area contributed by atoms with Gasteiger partial charge in [-0.3, -0.25) is 14.4 Å². The molecule has 176 valence electrons. The lowest BCUT2D eigenvalue weighted by Crippen LogP contribution is -2.64. The van der Waals surface area contributed by atoms with E-state index in [0.29, 0.717) is 19.6 Å². The topological polar surface area (TPSA) is 87.5 Å². The molecular weight excluding hydrogens is 418 g/mol. The lowest BCUT2D eigenvalue weighted by Gasteiger charge is -2.43. The van der Waals surface area contributed by atoms with E-state index in [2.05, 4.69) is 10.3 Å². The molecule has 1 aliphatic carbocycles. The van der Waals surface area contributed by atoms with Crippen molar-refractivity contribution in [3.8, 4) is 0 Å². The van der Waals surface area contributed by atoms with Gasteiger partial charge in [-0.25, -0.2) is 4.98 Å². The Morgan fingerprint density at radius 2 is 1.88 bits per heavy atom. The fourth-order valence-electron chi connectivity index (χ4n) is 5.03. The Labute approximate surface area is 195 Å². The van der Waals surface area contributed by atoms with Gasteiger partial charge in [0.2, 0.25) is 5.91 Å². The van der Waals surface area contributed by atoms with Crippen LogP contribution in [0, 0.1) is 0 Å². The zero-order chi connectivity index (χ0) is 23.6. The summed E-state index contributed by atoms with van der Waals surface area (Å²) in [5, 5.41) is 3.15. The van der Waals surface area contributed by atoms with E-state index in [-0.39, 0.29) is 41.7 Å². The van der Waals surface area contributed by atoms with E-state index >= 15 is 0 Å². The number of fused-ring (bicyclic) bond motifs is 1. The molecule has 1 fully saturated rings. The van der Waals surface area contributed by atoms with Crippen molar-refractivity contribution in [2.45, 2.75) is 71.1 Å². The standard InChI is InChI=1S/C25H33N5O3/c1-4-28(15-18-11-7-6-8-12-18)22(31)20-21-23(32)30(5-2)25(3,16-29(21)17-26-20)24(33)27-19-13-9-10-14-19/h6-8,11-12,17,19H,4-5,9-10,13-16H2,1-3H3,(H,27,33). The Kier molecular flexibility index (Phi) is 6.54. The number of nitrogens with zero attached hydrogens (tertiary/aromatic N) is 4. The summed E-state index contributed by atoms with van der Waals surface area (Å²) in [6, 6.07) is 9.91. The van der Waals surface area contributed by atoms with Crippen LogP contribution in [0.4, 0.5) is 0 Å². The van der Waals surface area contributed by atoms with E-state index in [0.717, 1.165) is 31.2 Å². The van der Waals surface area contributed by atoms with E-state index in [4.69, 9.17) is 0 Å². The molecule has 2 aromatic rings. The van der Waals surface area contributed by atoms with Crippen molar-refractivity contribution in [1.29, 1.82) is 0 Å². The number of carbonyl (C=O) groups excluding carboxylic acids is 3. The van der Waals surface area contributed by atoms with Crippen LogP contribution in [0.3, 0.4) is 0 Å². The summed E-state index contributed by atoms with van der Waals surface area (Å²) in [5.74, 6) is -0.751. The molecule has 3 amide bonds. The maximum atomic E-state index is 13.6. The van der Waals surface area contributed by atoms with Gasteiger partial charge in [-0.15, -0.1) is 0 Å². The van der Waals surface area contributed by atoms with Gasteiger partial charge in [0.1, 0.15) is 11.2 Å².